The van der Waals surface area contributed by atoms with Crippen molar-refractivity contribution in [3.05, 3.63) is 59.2 Å². The molecule has 1 saturated heterocycles. The third-order valence-electron chi connectivity index (χ3n) is 7.51. The molecule has 34 heavy (non-hydrogen) atoms. The molecular formula is C25H24F3N3O2S. The lowest BCUT2D eigenvalue weighted by atomic mass is 9.77. The Labute approximate surface area is 200 Å². The Morgan fingerprint density at radius 3 is 2.71 bits per heavy atom. The van der Waals surface area contributed by atoms with Gasteiger partial charge in [0.05, 0.1) is 24.3 Å². The lowest BCUT2D eigenvalue weighted by Crippen LogP contribution is -2.51. The predicted molar refractivity (Wildman–Crippen MR) is 123 cm³/mol. The first-order valence-corrected chi connectivity index (χ1v) is 12.0. The molecule has 3 fully saturated rings. The Morgan fingerprint density at radius 2 is 2.03 bits per heavy atom. The van der Waals surface area contributed by atoms with E-state index < -0.39 is 22.1 Å². The van der Waals surface area contributed by atoms with Crippen molar-refractivity contribution >= 4 is 23.5 Å². The van der Waals surface area contributed by atoms with Crippen molar-refractivity contribution in [1.29, 1.82) is 5.26 Å². The van der Waals surface area contributed by atoms with Crippen molar-refractivity contribution in [2.24, 2.45) is 17.8 Å². The summed E-state index contributed by atoms with van der Waals surface area (Å²) in [4.78, 5) is 13.6. The van der Waals surface area contributed by atoms with E-state index in [0.29, 0.717) is 24.7 Å². The Morgan fingerprint density at radius 1 is 1.26 bits per heavy atom. The number of halogens is 3. The Kier molecular flexibility index (Phi) is 5.67. The van der Waals surface area contributed by atoms with E-state index in [0.717, 1.165) is 36.6 Å². The van der Waals surface area contributed by atoms with Gasteiger partial charge in [-0.2, -0.15) is 18.4 Å². The zero-order chi connectivity index (χ0) is 24.1. The number of hydrogen-bond acceptors (Lipinski definition) is 5. The molecule has 0 radical (unpaired) electrons. The topological polar surface area (TPSA) is 65.4 Å². The van der Waals surface area contributed by atoms with Crippen molar-refractivity contribution in [3.63, 3.8) is 0 Å². The summed E-state index contributed by atoms with van der Waals surface area (Å²) >= 11 is 1.38. The molecule has 2 aliphatic carbocycles. The quantitative estimate of drug-likeness (QED) is 0.591. The number of amides is 1. The molecule has 2 bridgehead atoms. The number of fused-ring (bicyclic) bond motifs is 5. The van der Waals surface area contributed by atoms with Gasteiger partial charge in [0.25, 0.3) is 0 Å². The number of nitriles is 1. The fraction of sp³-hybridized carbons (Fsp3) is 0.440. The van der Waals surface area contributed by atoms with Crippen LogP contribution in [0.4, 0.5) is 18.9 Å². The van der Waals surface area contributed by atoms with E-state index in [1.54, 1.807) is 19.2 Å². The molecule has 0 unspecified atom stereocenters. The molecule has 9 heteroatoms. The van der Waals surface area contributed by atoms with E-state index in [2.05, 4.69) is 5.32 Å². The number of nitrogens with one attached hydrogen (secondary N) is 1. The third kappa shape index (κ3) is 3.68. The lowest BCUT2D eigenvalue weighted by molar-refractivity contribution is -0.137. The van der Waals surface area contributed by atoms with Crippen molar-refractivity contribution in [2.45, 2.75) is 36.7 Å². The van der Waals surface area contributed by atoms with Gasteiger partial charge in [-0.1, -0.05) is 12.1 Å². The largest absolute Gasteiger partial charge is 0.497 e. The highest BCUT2D eigenvalue weighted by atomic mass is 32.2. The molecule has 178 valence electrons. The molecule has 1 aliphatic heterocycles. The van der Waals surface area contributed by atoms with Crippen LogP contribution in [-0.2, 0) is 17.5 Å². The van der Waals surface area contributed by atoms with E-state index >= 15 is 0 Å². The number of carbonyl (C=O) groups excluding carboxylic acids is 1. The van der Waals surface area contributed by atoms with Crippen LogP contribution in [0.25, 0.3) is 0 Å². The SMILES string of the molecule is COc1ccc(CNC(=O)[C@]23SN(c4ccc(C#N)c(C(F)(F)F)c4)C[C@H]2[C@H]2CC[C@@H]3C2)cc1. The van der Waals surface area contributed by atoms with Crippen LogP contribution in [0.5, 0.6) is 5.75 Å². The highest BCUT2D eigenvalue weighted by molar-refractivity contribution is 8.03. The normalized spacial score (nSPS) is 27.4. The minimum atomic E-state index is -4.62. The van der Waals surface area contributed by atoms with Gasteiger partial charge in [-0.3, -0.25) is 4.79 Å². The van der Waals surface area contributed by atoms with Crippen molar-refractivity contribution in [3.8, 4) is 11.8 Å². The van der Waals surface area contributed by atoms with Gasteiger partial charge < -0.3 is 14.4 Å². The molecule has 0 spiro atoms. The molecular weight excluding hydrogens is 463 g/mol. The molecule has 4 atom stereocenters. The Bertz CT molecular complexity index is 1150. The average Bonchev–Trinajstić information content (AvgIpc) is 3.54. The maximum Gasteiger partial charge on any atom is 0.417 e. The van der Waals surface area contributed by atoms with E-state index in [1.807, 2.05) is 28.6 Å². The van der Waals surface area contributed by atoms with Gasteiger partial charge in [0.15, 0.2) is 0 Å². The van der Waals surface area contributed by atoms with E-state index in [-0.39, 0.29) is 17.7 Å². The molecule has 1 amide bonds. The van der Waals surface area contributed by atoms with Gasteiger partial charge in [0, 0.05) is 24.7 Å². The maximum absolute atomic E-state index is 13.6. The van der Waals surface area contributed by atoms with Crippen LogP contribution in [0.2, 0.25) is 0 Å². The van der Waals surface area contributed by atoms with Crippen LogP contribution >= 0.6 is 11.9 Å². The molecule has 0 aromatic heterocycles. The predicted octanol–water partition coefficient (Wildman–Crippen LogP) is 5.16. The van der Waals surface area contributed by atoms with Crippen LogP contribution in [0, 0.1) is 29.1 Å². The Balaban J connectivity index is 1.40. The van der Waals surface area contributed by atoms with E-state index in [4.69, 9.17) is 10.00 Å². The number of nitrogens with zero attached hydrogens (tertiary/aromatic N) is 2. The summed E-state index contributed by atoms with van der Waals surface area (Å²) in [5.74, 6) is 1.38. The summed E-state index contributed by atoms with van der Waals surface area (Å²) < 4.78 is 46.9. The van der Waals surface area contributed by atoms with Gasteiger partial charge in [-0.05, 0) is 78.9 Å². The summed E-state index contributed by atoms with van der Waals surface area (Å²) in [6.45, 7) is 0.898. The number of benzene rings is 2. The Hall–Kier alpha value is -2.86. The van der Waals surface area contributed by atoms with Crippen molar-refractivity contribution in [1.82, 2.24) is 5.32 Å². The lowest BCUT2D eigenvalue weighted by Gasteiger charge is -2.35. The minimum Gasteiger partial charge on any atom is -0.497 e. The molecule has 3 aliphatic rings. The first-order chi connectivity index (χ1) is 16.3. The number of ether oxygens (including phenoxy) is 1. The summed E-state index contributed by atoms with van der Waals surface area (Å²) in [5, 5.41) is 12.2. The molecule has 5 nitrogen and oxygen atoms in total. The zero-order valence-electron chi connectivity index (χ0n) is 18.6. The smallest absolute Gasteiger partial charge is 0.417 e. The monoisotopic (exact) mass is 487 g/mol. The zero-order valence-corrected chi connectivity index (χ0v) is 19.4. The molecule has 1 N–H and O–H groups in total. The van der Waals surface area contributed by atoms with Crippen LogP contribution in [0.15, 0.2) is 42.5 Å². The number of carbonyl (C=O) groups is 1. The number of alkyl halides is 3. The van der Waals surface area contributed by atoms with Gasteiger partial charge >= 0.3 is 6.18 Å². The number of methoxy groups -OCH3 is 1. The summed E-state index contributed by atoms with van der Waals surface area (Å²) in [7, 11) is 1.60. The average molecular weight is 488 g/mol. The second-order valence-electron chi connectivity index (χ2n) is 9.19. The van der Waals surface area contributed by atoms with Crippen molar-refractivity contribution in [2.75, 3.05) is 18.0 Å². The fourth-order valence-corrected chi connectivity index (χ4v) is 7.63. The fourth-order valence-electron chi connectivity index (χ4n) is 5.89. The molecule has 2 saturated carbocycles. The highest BCUT2D eigenvalue weighted by Crippen LogP contribution is 2.65. The summed E-state index contributed by atoms with van der Waals surface area (Å²) in [5.41, 5.74) is -0.00160. The van der Waals surface area contributed by atoms with Gasteiger partial charge in [0.1, 0.15) is 10.5 Å². The summed E-state index contributed by atoms with van der Waals surface area (Å²) in [6.07, 6.45) is -1.62. The maximum atomic E-state index is 13.6. The van der Waals surface area contributed by atoms with Crippen LogP contribution < -0.4 is 14.4 Å². The summed E-state index contributed by atoms with van der Waals surface area (Å²) in [6, 6.07) is 12.9. The van der Waals surface area contributed by atoms with Gasteiger partial charge in [-0.15, -0.1) is 0 Å². The minimum absolute atomic E-state index is 0.0438. The molecule has 2 aromatic carbocycles. The highest BCUT2D eigenvalue weighted by Gasteiger charge is 2.67. The van der Waals surface area contributed by atoms with Crippen LogP contribution in [0.1, 0.15) is 36.0 Å². The van der Waals surface area contributed by atoms with Crippen LogP contribution in [0.3, 0.4) is 0 Å². The van der Waals surface area contributed by atoms with Crippen molar-refractivity contribution < 1.29 is 22.7 Å². The third-order valence-corrected chi connectivity index (χ3v) is 9.21. The number of hydrogen-bond donors (Lipinski definition) is 1. The second kappa shape index (κ2) is 8.42. The van der Waals surface area contributed by atoms with Gasteiger partial charge in [0.2, 0.25) is 5.91 Å². The number of rotatable bonds is 5. The first-order valence-electron chi connectivity index (χ1n) is 11.3. The number of anilines is 1. The van der Waals surface area contributed by atoms with Crippen LogP contribution in [-0.4, -0.2) is 24.3 Å². The second-order valence-corrected chi connectivity index (χ2v) is 10.5. The molecule has 2 aromatic rings. The van der Waals surface area contributed by atoms with E-state index in [1.165, 1.54) is 18.0 Å². The molecule has 5 rings (SSSR count). The first kappa shape index (κ1) is 22.9. The standard InChI is InChI=1S/C25H24F3N3O2S/c1-33-20-8-2-15(3-9-20)13-30-23(32)24-18-6-4-16(10-18)22(24)14-31(34-24)19-7-5-17(12-29)21(11-19)25(26,27)28/h2-3,5,7-9,11,16,18,22H,4,6,10,13-14H2,1H3,(H,30,32)/t16-,18+,22-,24+/m0/s1. The van der Waals surface area contributed by atoms with Gasteiger partial charge in [-0.25, -0.2) is 0 Å². The molecule has 1 heterocycles. The van der Waals surface area contributed by atoms with E-state index in [9.17, 15) is 18.0 Å².